The molecule has 19 heavy (non-hydrogen) atoms. The van der Waals surface area contributed by atoms with E-state index in [4.69, 9.17) is 4.74 Å². The zero-order valence-electron chi connectivity index (χ0n) is 11.1. The van der Waals surface area contributed by atoms with Gasteiger partial charge in [-0.2, -0.15) is 0 Å². The summed E-state index contributed by atoms with van der Waals surface area (Å²) in [6.07, 6.45) is 0.716. The third-order valence-electron chi connectivity index (χ3n) is 1.90. The van der Waals surface area contributed by atoms with E-state index in [1.54, 1.807) is 20.8 Å². The maximum Gasteiger partial charge on any atom is 0.412 e. The van der Waals surface area contributed by atoms with Crippen LogP contribution in [0.15, 0.2) is 16.9 Å². The second-order valence-electron chi connectivity index (χ2n) is 4.68. The number of halogens is 1. The molecule has 1 amide bonds. The van der Waals surface area contributed by atoms with Gasteiger partial charge >= 0.3 is 12.1 Å². The van der Waals surface area contributed by atoms with Crippen molar-refractivity contribution in [1.82, 2.24) is 4.98 Å². The number of carbonyl (C=O) groups excluding carboxylic acids is 2. The highest BCUT2D eigenvalue weighted by Gasteiger charge is 2.18. The molecule has 1 N–H and O–H groups in total. The van der Waals surface area contributed by atoms with Crippen molar-refractivity contribution in [2.45, 2.75) is 26.4 Å². The zero-order chi connectivity index (χ0) is 14.6. The molecule has 0 aliphatic heterocycles. The number of aromatic nitrogens is 1. The topological polar surface area (TPSA) is 77.5 Å². The van der Waals surface area contributed by atoms with Gasteiger partial charge in [0, 0.05) is 6.20 Å². The van der Waals surface area contributed by atoms with Gasteiger partial charge in [0.2, 0.25) is 0 Å². The van der Waals surface area contributed by atoms with E-state index in [0.29, 0.717) is 10.3 Å². The number of hydrogen-bond donors (Lipinski definition) is 1. The van der Waals surface area contributed by atoms with Crippen molar-refractivity contribution in [3.05, 3.63) is 22.4 Å². The van der Waals surface area contributed by atoms with Gasteiger partial charge < -0.3 is 9.47 Å². The van der Waals surface area contributed by atoms with Gasteiger partial charge in [0.25, 0.3) is 0 Å². The number of methoxy groups -OCH3 is 1. The molecular weight excluding hydrogens is 316 g/mol. The van der Waals surface area contributed by atoms with Crippen molar-refractivity contribution >= 4 is 33.7 Å². The van der Waals surface area contributed by atoms with Gasteiger partial charge in [0.05, 0.1) is 18.4 Å². The molecule has 104 valence electrons. The lowest BCUT2D eigenvalue weighted by Gasteiger charge is -2.20. The van der Waals surface area contributed by atoms with Crippen molar-refractivity contribution in [1.29, 1.82) is 0 Å². The first kappa shape index (κ1) is 15.4. The lowest BCUT2D eigenvalue weighted by atomic mass is 10.2. The van der Waals surface area contributed by atoms with Crippen LogP contribution in [0.4, 0.5) is 10.5 Å². The maximum atomic E-state index is 11.6. The van der Waals surface area contributed by atoms with Gasteiger partial charge in [-0.05, 0) is 42.8 Å². The molecule has 1 heterocycles. The molecule has 1 aromatic rings. The Hall–Kier alpha value is -1.63. The van der Waals surface area contributed by atoms with Crippen molar-refractivity contribution in [2.24, 2.45) is 0 Å². The SMILES string of the molecule is COC(=O)c1cnc(Br)c(NC(=O)OC(C)(C)C)c1. The number of pyridine rings is 1. The summed E-state index contributed by atoms with van der Waals surface area (Å²) in [7, 11) is 1.27. The molecule has 0 unspecified atom stereocenters. The number of hydrogen-bond acceptors (Lipinski definition) is 5. The predicted molar refractivity (Wildman–Crippen MR) is 73.1 cm³/mol. The third-order valence-corrected chi connectivity index (χ3v) is 2.53. The molecule has 0 saturated heterocycles. The molecule has 6 nitrogen and oxygen atoms in total. The number of rotatable bonds is 2. The molecule has 0 aliphatic rings. The fourth-order valence-electron chi connectivity index (χ4n) is 1.18. The highest BCUT2D eigenvalue weighted by atomic mass is 79.9. The Kier molecular flexibility index (Phi) is 4.88. The largest absolute Gasteiger partial charge is 0.465 e. The Labute approximate surface area is 119 Å². The van der Waals surface area contributed by atoms with E-state index in [0.717, 1.165) is 0 Å². The lowest BCUT2D eigenvalue weighted by Crippen LogP contribution is -2.27. The van der Waals surface area contributed by atoms with Crippen molar-refractivity contribution < 1.29 is 19.1 Å². The Balaban J connectivity index is 2.88. The van der Waals surface area contributed by atoms with E-state index in [9.17, 15) is 9.59 Å². The summed E-state index contributed by atoms with van der Waals surface area (Å²) < 4.78 is 10.1. The van der Waals surface area contributed by atoms with Crippen LogP contribution in [0.25, 0.3) is 0 Å². The highest BCUT2D eigenvalue weighted by Crippen LogP contribution is 2.22. The fraction of sp³-hybridized carbons (Fsp3) is 0.417. The molecule has 0 aliphatic carbocycles. The Morgan fingerprint density at radius 1 is 1.37 bits per heavy atom. The minimum absolute atomic E-state index is 0.233. The van der Waals surface area contributed by atoms with E-state index in [1.165, 1.54) is 19.4 Å². The van der Waals surface area contributed by atoms with Gasteiger partial charge in [0.1, 0.15) is 10.2 Å². The maximum absolute atomic E-state index is 11.6. The summed E-state index contributed by atoms with van der Waals surface area (Å²) in [5, 5.41) is 2.51. The Bertz CT molecular complexity index is 497. The van der Waals surface area contributed by atoms with Crippen LogP contribution in [-0.2, 0) is 9.47 Å². The fourth-order valence-corrected chi connectivity index (χ4v) is 1.49. The number of ether oxygens (including phenoxy) is 2. The molecule has 0 radical (unpaired) electrons. The van der Waals surface area contributed by atoms with Crippen LogP contribution < -0.4 is 5.32 Å². The molecule has 1 rings (SSSR count). The molecule has 0 saturated carbocycles. The minimum Gasteiger partial charge on any atom is -0.465 e. The average molecular weight is 331 g/mol. The van der Waals surface area contributed by atoms with Gasteiger partial charge in [-0.25, -0.2) is 14.6 Å². The van der Waals surface area contributed by atoms with Gasteiger partial charge in [0.15, 0.2) is 0 Å². The molecule has 0 bridgehead atoms. The first-order valence-corrected chi connectivity index (χ1v) is 6.26. The number of amides is 1. The molecule has 0 fully saturated rings. The molecular formula is C12H15BrN2O4. The minimum atomic E-state index is -0.628. The summed E-state index contributed by atoms with van der Waals surface area (Å²) in [6.45, 7) is 5.26. The smallest absolute Gasteiger partial charge is 0.412 e. The van der Waals surface area contributed by atoms with Gasteiger partial charge in [-0.15, -0.1) is 0 Å². The second-order valence-corrected chi connectivity index (χ2v) is 5.43. The van der Waals surface area contributed by atoms with Crippen molar-refractivity contribution in [3.8, 4) is 0 Å². The van der Waals surface area contributed by atoms with Crippen LogP contribution in [0.2, 0.25) is 0 Å². The highest BCUT2D eigenvalue weighted by molar-refractivity contribution is 9.10. The van der Waals surface area contributed by atoms with Crippen LogP contribution in [0.5, 0.6) is 0 Å². The first-order valence-electron chi connectivity index (χ1n) is 5.47. The second kappa shape index (κ2) is 6.01. The normalized spacial score (nSPS) is 10.8. The van der Waals surface area contributed by atoms with E-state index < -0.39 is 17.7 Å². The molecule has 1 aromatic heterocycles. The Morgan fingerprint density at radius 2 is 2.00 bits per heavy atom. The summed E-state index contributed by atoms with van der Waals surface area (Å²) in [5.74, 6) is -0.535. The first-order chi connectivity index (χ1) is 8.73. The van der Waals surface area contributed by atoms with Crippen molar-refractivity contribution in [3.63, 3.8) is 0 Å². The molecule has 7 heteroatoms. The van der Waals surface area contributed by atoms with E-state index in [2.05, 4.69) is 31.0 Å². The zero-order valence-corrected chi connectivity index (χ0v) is 12.7. The number of carbonyl (C=O) groups is 2. The van der Waals surface area contributed by atoms with E-state index in [1.807, 2.05) is 0 Å². The third kappa shape index (κ3) is 4.86. The summed E-state index contributed by atoms with van der Waals surface area (Å²) in [5.41, 5.74) is -0.0434. The summed E-state index contributed by atoms with van der Waals surface area (Å²) in [4.78, 5) is 26.9. The van der Waals surface area contributed by atoms with Crippen LogP contribution in [-0.4, -0.2) is 29.8 Å². The lowest BCUT2D eigenvalue weighted by molar-refractivity contribution is 0.0595. The van der Waals surface area contributed by atoms with Crippen molar-refractivity contribution in [2.75, 3.05) is 12.4 Å². The molecule has 0 spiro atoms. The molecule has 0 atom stereocenters. The Morgan fingerprint density at radius 3 is 2.53 bits per heavy atom. The van der Waals surface area contributed by atoms with Crippen LogP contribution in [0, 0.1) is 0 Å². The average Bonchev–Trinajstić information content (AvgIpc) is 2.28. The number of nitrogens with one attached hydrogen (secondary N) is 1. The summed E-state index contributed by atoms with van der Waals surface area (Å²) in [6, 6.07) is 1.45. The van der Waals surface area contributed by atoms with E-state index in [-0.39, 0.29) is 5.56 Å². The monoisotopic (exact) mass is 330 g/mol. The number of esters is 1. The standard InChI is InChI=1S/C12H15BrN2O4/c1-12(2,3)19-11(17)15-8-5-7(10(16)18-4)6-14-9(8)13/h5-6H,1-4H3,(H,15,17). The van der Waals surface area contributed by atoms with Gasteiger partial charge in [-0.3, -0.25) is 5.32 Å². The van der Waals surface area contributed by atoms with E-state index >= 15 is 0 Å². The van der Waals surface area contributed by atoms with Crippen LogP contribution in [0.3, 0.4) is 0 Å². The number of anilines is 1. The quantitative estimate of drug-likeness (QED) is 0.666. The molecule has 0 aromatic carbocycles. The van der Waals surface area contributed by atoms with Crippen LogP contribution in [0.1, 0.15) is 31.1 Å². The summed E-state index contributed by atoms with van der Waals surface area (Å²) >= 11 is 3.18. The van der Waals surface area contributed by atoms with Gasteiger partial charge in [-0.1, -0.05) is 0 Å². The van der Waals surface area contributed by atoms with Crippen LogP contribution >= 0.6 is 15.9 Å². The number of nitrogens with zero attached hydrogens (tertiary/aromatic N) is 1. The predicted octanol–water partition coefficient (Wildman–Crippen LogP) is 2.98.